The van der Waals surface area contributed by atoms with Crippen molar-refractivity contribution < 1.29 is 23.8 Å². The third kappa shape index (κ3) is 10.0. The molecular formula is C31H37BrN2O5. The van der Waals surface area contributed by atoms with E-state index in [1.165, 1.54) is 4.90 Å². The van der Waals surface area contributed by atoms with Gasteiger partial charge in [-0.25, -0.2) is 9.78 Å². The Bertz CT molecular complexity index is 1220. The van der Waals surface area contributed by atoms with Crippen LogP contribution in [0.5, 0.6) is 5.75 Å². The summed E-state index contributed by atoms with van der Waals surface area (Å²) in [4.78, 5) is 30.6. The Balaban J connectivity index is 1.57. The molecule has 7 nitrogen and oxygen atoms in total. The normalized spacial score (nSPS) is 11.9. The molecule has 1 heterocycles. The molecule has 0 bridgehead atoms. The van der Waals surface area contributed by atoms with Gasteiger partial charge in [-0.05, 0) is 87.6 Å². The van der Waals surface area contributed by atoms with Gasteiger partial charge < -0.3 is 14.2 Å². The lowest BCUT2D eigenvalue weighted by molar-refractivity contribution is -0.143. The summed E-state index contributed by atoms with van der Waals surface area (Å²) in [6.45, 7) is 8.12. The van der Waals surface area contributed by atoms with Crippen molar-refractivity contribution in [3.63, 3.8) is 0 Å². The number of anilines is 1. The molecule has 1 amide bonds. The number of esters is 1. The van der Waals surface area contributed by atoms with Crippen molar-refractivity contribution in [2.45, 2.75) is 58.5 Å². The predicted molar refractivity (Wildman–Crippen MR) is 156 cm³/mol. The molecule has 2 aromatic carbocycles. The van der Waals surface area contributed by atoms with E-state index in [0.29, 0.717) is 38.3 Å². The van der Waals surface area contributed by atoms with Gasteiger partial charge in [-0.2, -0.15) is 0 Å². The average Bonchev–Trinajstić information content (AvgIpc) is 2.88. The SMILES string of the molecule is CCOC(=O)CC(Cc1ccc(OCCc2cccc(N(C)C(=O)OC(C)(C)C)n2)cc1)c1ccc(Br)cc1. The Kier molecular flexibility index (Phi) is 10.9. The van der Waals surface area contributed by atoms with Crippen molar-refractivity contribution in [2.75, 3.05) is 25.2 Å². The Morgan fingerprint density at radius 3 is 2.33 bits per heavy atom. The monoisotopic (exact) mass is 596 g/mol. The van der Waals surface area contributed by atoms with E-state index in [-0.39, 0.29) is 11.9 Å². The van der Waals surface area contributed by atoms with Gasteiger partial charge in [0.2, 0.25) is 0 Å². The van der Waals surface area contributed by atoms with Crippen LogP contribution in [0, 0.1) is 0 Å². The summed E-state index contributed by atoms with van der Waals surface area (Å²) < 4.78 is 17.6. The van der Waals surface area contributed by atoms with E-state index in [0.717, 1.165) is 27.0 Å². The highest BCUT2D eigenvalue weighted by atomic mass is 79.9. The first-order valence-corrected chi connectivity index (χ1v) is 13.9. The van der Waals surface area contributed by atoms with Crippen LogP contribution in [-0.4, -0.2) is 42.9 Å². The Morgan fingerprint density at radius 1 is 1.00 bits per heavy atom. The topological polar surface area (TPSA) is 78.0 Å². The molecule has 1 aromatic heterocycles. The van der Waals surface area contributed by atoms with Crippen molar-refractivity contribution >= 4 is 33.8 Å². The van der Waals surface area contributed by atoms with Crippen molar-refractivity contribution in [1.29, 1.82) is 0 Å². The van der Waals surface area contributed by atoms with Crippen molar-refractivity contribution in [1.82, 2.24) is 4.98 Å². The molecule has 208 valence electrons. The van der Waals surface area contributed by atoms with Crippen LogP contribution < -0.4 is 9.64 Å². The molecule has 0 aliphatic heterocycles. The summed E-state index contributed by atoms with van der Waals surface area (Å²) in [7, 11) is 1.65. The van der Waals surface area contributed by atoms with Crippen LogP contribution in [0.25, 0.3) is 0 Å². The number of nitrogens with zero attached hydrogens (tertiary/aromatic N) is 2. The first-order valence-electron chi connectivity index (χ1n) is 13.1. The van der Waals surface area contributed by atoms with Crippen molar-refractivity contribution in [3.05, 3.63) is 88.0 Å². The van der Waals surface area contributed by atoms with Crippen LogP contribution in [0.15, 0.2) is 71.2 Å². The zero-order valence-corrected chi connectivity index (χ0v) is 24.9. The highest BCUT2D eigenvalue weighted by Crippen LogP contribution is 2.27. The first kappa shape index (κ1) is 30.2. The second kappa shape index (κ2) is 14.1. The average molecular weight is 598 g/mol. The van der Waals surface area contributed by atoms with Crippen molar-refractivity contribution in [2.24, 2.45) is 0 Å². The molecule has 0 fully saturated rings. The van der Waals surface area contributed by atoms with Crippen LogP contribution in [-0.2, 0) is 27.1 Å². The Labute approximate surface area is 239 Å². The number of rotatable bonds is 11. The molecule has 0 aliphatic carbocycles. The molecule has 8 heteroatoms. The summed E-state index contributed by atoms with van der Waals surface area (Å²) in [5.74, 6) is 1.10. The van der Waals surface area contributed by atoms with Gasteiger partial charge in [-0.15, -0.1) is 0 Å². The number of amides is 1. The van der Waals surface area contributed by atoms with E-state index in [4.69, 9.17) is 14.2 Å². The number of benzene rings is 2. The van der Waals surface area contributed by atoms with Crippen LogP contribution in [0.2, 0.25) is 0 Å². The fourth-order valence-corrected chi connectivity index (χ4v) is 4.22. The lowest BCUT2D eigenvalue weighted by atomic mass is 9.89. The van der Waals surface area contributed by atoms with Crippen LogP contribution in [0.4, 0.5) is 10.6 Å². The molecule has 0 radical (unpaired) electrons. The number of ether oxygens (including phenoxy) is 3. The molecule has 0 spiro atoms. The van der Waals surface area contributed by atoms with E-state index in [2.05, 4.69) is 20.9 Å². The quantitative estimate of drug-likeness (QED) is 0.219. The molecule has 3 aromatic rings. The fourth-order valence-electron chi connectivity index (χ4n) is 3.96. The van der Waals surface area contributed by atoms with Crippen molar-refractivity contribution in [3.8, 4) is 5.75 Å². The molecule has 0 saturated carbocycles. The minimum Gasteiger partial charge on any atom is -0.493 e. The van der Waals surface area contributed by atoms with Crippen LogP contribution in [0.3, 0.4) is 0 Å². The highest BCUT2D eigenvalue weighted by Gasteiger charge is 2.21. The summed E-state index contributed by atoms with van der Waals surface area (Å²) in [6, 6.07) is 21.6. The molecular weight excluding hydrogens is 560 g/mol. The summed E-state index contributed by atoms with van der Waals surface area (Å²) in [5, 5.41) is 0. The Hall–Kier alpha value is -3.39. The van der Waals surface area contributed by atoms with Gasteiger partial charge in [-0.3, -0.25) is 9.69 Å². The standard InChI is InChI=1S/C31H37BrN2O5/c1-6-37-29(35)21-24(23-12-14-25(32)15-13-23)20-22-10-16-27(17-11-22)38-19-18-26-8-7-9-28(33-26)34(5)30(36)39-31(2,3)4/h7-17,24H,6,18-21H2,1-5H3. The van der Waals surface area contributed by atoms with E-state index in [9.17, 15) is 9.59 Å². The van der Waals surface area contributed by atoms with E-state index in [1.807, 2.05) is 88.4 Å². The zero-order valence-electron chi connectivity index (χ0n) is 23.3. The molecule has 1 unspecified atom stereocenters. The zero-order chi connectivity index (χ0) is 28.4. The molecule has 1 atom stereocenters. The van der Waals surface area contributed by atoms with Gasteiger partial charge in [0.1, 0.15) is 17.2 Å². The van der Waals surface area contributed by atoms with E-state index >= 15 is 0 Å². The number of halogens is 1. The van der Waals surface area contributed by atoms with Gasteiger partial charge >= 0.3 is 12.1 Å². The minimum atomic E-state index is -0.576. The summed E-state index contributed by atoms with van der Waals surface area (Å²) in [6.07, 6.45) is 1.17. The molecule has 3 rings (SSSR count). The van der Waals surface area contributed by atoms with E-state index < -0.39 is 11.7 Å². The predicted octanol–water partition coefficient (Wildman–Crippen LogP) is 7.12. The molecule has 0 saturated heterocycles. The van der Waals surface area contributed by atoms with E-state index in [1.54, 1.807) is 13.1 Å². The van der Waals surface area contributed by atoms with Gasteiger partial charge in [0.25, 0.3) is 0 Å². The second-order valence-corrected chi connectivity index (χ2v) is 11.1. The third-order valence-corrected chi connectivity index (χ3v) is 6.42. The molecule has 0 aliphatic rings. The van der Waals surface area contributed by atoms with Gasteiger partial charge in [-0.1, -0.05) is 46.3 Å². The van der Waals surface area contributed by atoms with Gasteiger partial charge in [0, 0.05) is 23.6 Å². The van der Waals surface area contributed by atoms with Gasteiger partial charge in [0.15, 0.2) is 0 Å². The lowest BCUT2D eigenvalue weighted by Gasteiger charge is -2.24. The lowest BCUT2D eigenvalue weighted by Crippen LogP contribution is -2.34. The third-order valence-electron chi connectivity index (χ3n) is 5.90. The Morgan fingerprint density at radius 2 is 1.69 bits per heavy atom. The summed E-state index contributed by atoms with van der Waals surface area (Å²) in [5.41, 5.74) is 2.45. The molecule has 0 N–H and O–H groups in total. The minimum absolute atomic E-state index is 0.0149. The van der Waals surface area contributed by atoms with Crippen LogP contribution >= 0.6 is 15.9 Å². The number of pyridine rings is 1. The molecule has 39 heavy (non-hydrogen) atoms. The number of hydrogen-bond donors (Lipinski definition) is 0. The number of carbonyl (C=O) groups excluding carboxylic acids is 2. The maximum absolute atomic E-state index is 12.4. The largest absolute Gasteiger partial charge is 0.493 e. The van der Waals surface area contributed by atoms with Crippen LogP contribution in [0.1, 0.15) is 56.9 Å². The number of hydrogen-bond acceptors (Lipinski definition) is 6. The fraction of sp³-hybridized carbons (Fsp3) is 0.387. The maximum Gasteiger partial charge on any atom is 0.415 e. The highest BCUT2D eigenvalue weighted by molar-refractivity contribution is 9.10. The number of carbonyl (C=O) groups is 2. The van der Waals surface area contributed by atoms with Gasteiger partial charge in [0.05, 0.1) is 19.6 Å². The smallest absolute Gasteiger partial charge is 0.415 e. The second-order valence-electron chi connectivity index (χ2n) is 10.2. The summed E-state index contributed by atoms with van der Waals surface area (Å²) >= 11 is 3.48. The number of aromatic nitrogens is 1. The first-order chi connectivity index (χ1) is 18.5. The maximum atomic E-state index is 12.4.